The molecule has 10 atom stereocenters. The van der Waals surface area contributed by atoms with Crippen LogP contribution in [0, 0.1) is 56.7 Å². The monoisotopic (exact) mass is 456 g/mol. The summed E-state index contributed by atoms with van der Waals surface area (Å²) in [5.41, 5.74) is 2.98. The molecule has 0 heterocycles. The molecule has 33 heavy (non-hydrogen) atoms. The summed E-state index contributed by atoms with van der Waals surface area (Å²) in [5.74, 6) is 3.61. The van der Waals surface area contributed by atoms with Gasteiger partial charge in [0.15, 0.2) is 0 Å². The summed E-state index contributed by atoms with van der Waals surface area (Å²) in [4.78, 5) is 0. The van der Waals surface area contributed by atoms with Crippen LogP contribution in [-0.2, 0) is 0 Å². The maximum atomic E-state index is 10.9. The molecule has 10 unspecified atom stereocenters. The molecular formula is C31H52O2. The van der Waals surface area contributed by atoms with Crippen LogP contribution in [0.4, 0.5) is 0 Å². The number of hydrogen-bond acceptors (Lipinski definition) is 2. The van der Waals surface area contributed by atoms with Crippen molar-refractivity contribution in [2.75, 3.05) is 6.61 Å². The second kappa shape index (κ2) is 7.58. The first-order valence-electron chi connectivity index (χ1n) is 14.4. The lowest BCUT2D eigenvalue weighted by Crippen LogP contribution is -2.59. The Morgan fingerprint density at radius 3 is 2.21 bits per heavy atom. The Kier molecular flexibility index (Phi) is 5.60. The van der Waals surface area contributed by atoms with E-state index in [4.69, 9.17) is 0 Å². The van der Waals surface area contributed by atoms with E-state index in [1.807, 2.05) is 0 Å². The van der Waals surface area contributed by atoms with Crippen LogP contribution >= 0.6 is 0 Å². The zero-order valence-corrected chi connectivity index (χ0v) is 22.6. The second-order valence-electron chi connectivity index (χ2n) is 14.7. The van der Waals surface area contributed by atoms with E-state index in [1.54, 1.807) is 0 Å². The number of hydrogen-bond donors (Lipinski definition) is 2. The molecule has 0 aliphatic heterocycles. The molecule has 0 saturated heterocycles. The predicted octanol–water partition coefficient (Wildman–Crippen LogP) is 7.39. The van der Waals surface area contributed by atoms with Crippen LogP contribution in [0.15, 0.2) is 12.2 Å². The minimum absolute atomic E-state index is 0.150. The number of allylic oxidation sites excluding steroid dienone is 1. The lowest BCUT2D eigenvalue weighted by Gasteiger charge is -2.63. The van der Waals surface area contributed by atoms with Crippen LogP contribution in [-0.4, -0.2) is 22.9 Å². The van der Waals surface area contributed by atoms with Gasteiger partial charge in [0, 0.05) is 5.41 Å². The summed E-state index contributed by atoms with van der Waals surface area (Å²) < 4.78 is 0. The van der Waals surface area contributed by atoms with Crippen LogP contribution in [0.5, 0.6) is 0 Å². The molecular weight excluding hydrogens is 404 g/mol. The van der Waals surface area contributed by atoms with E-state index in [9.17, 15) is 10.2 Å². The molecule has 0 amide bonds. The Morgan fingerprint density at radius 1 is 0.879 bits per heavy atom. The second-order valence-corrected chi connectivity index (χ2v) is 14.7. The fourth-order valence-corrected chi connectivity index (χ4v) is 11.3. The molecule has 0 aromatic rings. The van der Waals surface area contributed by atoms with Crippen molar-refractivity contribution >= 4 is 0 Å². The van der Waals surface area contributed by atoms with Gasteiger partial charge in [-0.05, 0) is 122 Å². The van der Waals surface area contributed by atoms with Gasteiger partial charge in [0.25, 0.3) is 0 Å². The van der Waals surface area contributed by atoms with Gasteiger partial charge < -0.3 is 10.2 Å². The molecule has 5 rings (SSSR count). The number of rotatable bonds is 6. The van der Waals surface area contributed by atoms with Crippen LogP contribution < -0.4 is 0 Å². The smallest absolute Gasteiger partial charge is 0.0618 e. The summed E-state index contributed by atoms with van der Waals surface area (Å²) in [6.07, 6.45) is 13.8. The Balaban J connectivity index is 1.39. The van der Waals surface area contributed by atoms with Gasteiger partial charge in [-0.15, -0.1) is 0 Å². The quantitative estimate of drug-likeness (QED) is 0.409. The van der Waals surface area contributed by atoms with E-state index < -0.39 is 0 Å². The number of aliphatic hydroxyl groups is 2. The maximum absolute atomic E-state index is 10.9. The molecule has 2 heteroatoms. The Bertz CT molecular complexity index is 803. The summed E-state index contributed by atoms with van der Waals surface area (Å²) in [6.45, 7) is 19.2. The van der Waals surface area contributed by atoms with E-state index in [0.717, 1.165) is 24.2 Å². The third-order valence-corrected chi connectivity index (χ3v) is 13.7. The van der Waals surface area contributed by atoms with Crippen LogP contribution in [0.2, 0.25) is 0 Å². The maximum Gasteiger partial charge on any atom is 0.0618 e. The molecule has 2 spiro atoms. The topological polar surface area (TPSA) is 40.5 Å². The Hall–Kier alpha value is -0.340. The van der Waals surface area contributed by atoms with Gasteiger partial charge in [-0.25, -0.2) is 0 Å². The van der Waals surface area contributed by atoms with Gasteiger partial charge in [-0.2, -0.15) is 0 Å². The molecule has 188 valence electrons. The highest BCUT2D eigenvalue weighted by Gasteiger charge is 2.82. The summed E-state index contributed by atoms with van der Waals surface area (Å²) in [7, 11) is 0. The van der Waals surface area contributed by atoms with E-state index in [1.165, 1.54) is 69.8 Å². The number of fused-ring (bicyclic) bond motifs is 2. The molecule has 5 fully saturated rings. The molecule has 0 aromatic heterocycles. The average Bonchev–Trinajstić information content (AvgIpc) is 3.37. The highest BCUT2D eigenvalue weighted by atomic mass is 16.3. The standard InChI is InChI=1S/C31H52O2/c1-20(2)21(3)8-9-22(4)23-12-14-29(7)25-11-10-24-27(5,19-32)26(33)13-15-30(24)18-31(25,30)17-16-28(23,29)6/h20,22-26,32-33H,3,8-19H2,1-2,4-7H3. The van der Waals surface area contributed by atoms with Crippen LogP contribution in [0.3, 0.4) is 0 Å². The third kappa shape index (κ3) is 2.92. The van der Waals surface area contributed by atoms with Crippen LogP contribution in [0.25, 0.3) is 0 Å². The van der Waals surface area contributed by atoms with Crippen molar-refractivity contribution in [3.8, 4) is 0 Å². The normalized spacial score (nSPS) is 53.6. The van der Waals surface area contributed by atoms with Crippen molar-refractivity contribution in [1.29, 1.82) is 0 Å². The van der Waals surface area contributed by atoms with Gasteiger partial charge in [-0.3, -0.25) is 0 Å². The first-order valence-corrected chi connectivity index (χ1v) is 14.4. The highest BCUT2D eigenvalue weighted by molar-refractivity contribution is 5.30. The summed E-state index contributed by atoms with van der Waals surface area (Å²) in [5, 5.41) is 21.3. The SMILES string of the molecule is C=C(CCC(C)C1CCC2(C)C3CCC4C(C)(CO)C(O)CCC45CC35CCC12C)C(C)C. The van der Waals surface area contributed by atoms with Gasteiger partial charge >= 0.3 is 0 Å². The van der Waals surface area contributed by atoms with E-state index in [-0.39, 0.29) is 18.1 Å². The first kappa shape index (κ1) is 24.4. The molecule has 0 bridgehead atoms. The van der Waals surface area contributed by atoms with Gasteiger partial charge in [0.05, 0.1) is 12.7 Å². The minimum atomic E-state index is -0.325. The third-order valence-electron chi connectivity index (χ3n) is 13.7. The lowest BCUT2D eigenvalue weighted by atomic mass is 9.41. The van der Waals surface area contributed by atoms with Crippen molar-refractivity contribution in [2.45, 2.75) is 118 Å². The largest absolute Gasteiger partial charge is 0.396 e. The highest BCUT2D eigenvalue weighted by Crippen LogP contribution is 2.89. The fourth-order valence-electron chi connectivity index (χ4n) is 11.3. The molecule has 5 saturated carbocycles. The van der Waals surface area contributed by atoms with E-state index in [0.29, 0.717) is 33.5 Å². The summed E-state index contributed by atoms with van der Waals surface area (Å²) in [6, 6.07) is 0. The van der Waals surface area contributed by atoms with Crippen LogP contribution in [0.1, 0.15) is 112 Å². The minimum Gasteiger partial charge on any atom is -0.396 e. The first-order chi connectivity index (χ1) is 15.4. The zero-order chi connectivity index (χ0) is 24.0. The average molecular weight is 457 g/mol. The van der Waals surface area contributed by atoms with Crippen molar-refractivity contribution in [1.82, 2.24) is 0 Å². The molecule has 2 nitrogen and oxygen atoms in total. The molecule has 0 radical (unpaired) electrons. The van der Waals surface area contributed by atoms with Gasteiger partial charge in [0.2, 0.25) is 0 Å². The summed E-state index contributed by atoms with van der Waals surface area (Å²) >= 11 is 0. The molecule has 5 aliphatic carbocycles. The molecule has 2 N–H and O–H groups in total. The number of aliphatic hydroxyl groups excluding tert-OH is 2. The van der Waals surface area contributed by atoms with Gasteiger partial charge in [-0.1, -0.05) is 53.7 Å². The van der Waals surface area contributed by atoms with Crippen molar-refractivity contribution in [2.24, 2.45) is 56.7 Å². The fraction of sp³-hybridized carbons (Fsp3) is 0.935. The Labute approximate surface area is 204 Å². The van der Waals surface area contributed by atoms with Gasteiger partial charge in [0.1, 0.15) is 0 Å². The zero-order valence-electron chi connectivity index (χ0n) is 22.6. The van der Waals surface area contributed by atoms with Crippen molar-refractivity contribution < 1.29 is 10.2 Å². The Morgan fingerprint density at radius 2 is 1.55 bits per heavy atom. The molecule has 0 aromatic carbocycles. The van der Waals surface area contributed by atoms with Crippen molar-refractivity contribution in [3.63, 3.8) is 0 Å². The lowest BCUT2D eigenvalue weighted by molar-refractivity contribution is -0.174. The van der Waals surface area contributed by atoms with E-state index >= 15 is 0 Å². The van der Waals surface area contributed by atoms with Crippen molar-refractivity contribution in [3.05, 3.63) is 12.2 Å². The van der Waals surface area contributed by atoms with E-state index in [2.05, 4.69) is 48.1 Å². The predicted molar refractivity (Wildman–Crippen MR) is 137 cm³/mol. The molecule has 5 aliphatic rings.